The lowest BCUT2D eigenvalue weighted by Gasteiger charge is -2.36. The van der Waals surface area contributed by atoms with Gasteiger partial charge in [-0.3, -0.25) is 9.59 Å². The zero-order chi connectivity index (χ0) is 23.0. The van der Waals surface area contributed by atoms with Crippen LogP contribution in [0.15, 0.2) is 48.2 Å². The maximum atomic E-state index is 13.8. The van der Waals surface area contributed by atoms with Crippen molar-refractivity contribution in [1.82, 2.24) is 9.80 Å². The van der Waals surface area contributed by atoms with Crippen molar-refractivity contribution in [2.24, 2.45) is 0 Å². The van der Waals surface area contributed by atoms with Crippen molar-refractivity contribution in [3.63, 3.8) is 0 Å². The van der Waals surface area contributed by atoms with E-state index in [1.54, 1.807) is 7.11 Å². The van der Waals surface area contributed by atoms with Crippen molar-refractivity contribution < 1.29 is 14.3 Å². The Balaban J connectivity index is 1.84. The van der Waals surface area contributed by atoms with Crippen molar-refractivity contribution in [3.8, 4) is 5.75 Å². The number of likely N-dealkylation sites (tertiary alicyclic amines) is 1. The van der Waals surface area contributed by atoms with Gasteiger partial charge in [-0.25, -0.2) is 4.90 Å². The molecule has 0 aromatic heterocycles. The van der Waals surface area contributed by atoms with E-state index in [1.165, 1.54) is 4.90 Å². The molecule has 0 N–H and O–H groups in total. The summed E-state index contributed by atoms with van der Waals surface area (Å²) in [5.74, 6) is 0.00548. The molecular weight excluding hydrogens is 402 g/mol. The summed E-state index contributed by atoms with van der Waals surface area (Å²) in [4.78, 5) is 33.3. The highest BCUT2D eigenvalue weighted by atomic mass is 16.5. The van der Waals surface area contributed by atoms with E-state index in [-0.39, 0.29) is 17.9 Å². The minimum Gasteiger partial charge on any atom is -0.496 e. The van der Waals surface area contributed by atoms with Crippen LogP contribution < -0.4 is 9.64 Å². The first-order valence-electron chi connectivity index (χ1n) is 11.1. The Morgan fingerprint density at radius 1 is 1.00 bits per heavy atom. The molecule has 2 aromatic carbocycles. The number of rotatable bonds is 5. The molecule has 0 spiro atoms. The molecule has 0 atom stereocenters. The number of ether oxygens (including phenoxy) is 1. The highest BCUT2D eigenvalue weighted by Gasteiger charge is 2.44. The topological polar surface area (TPSA) is 53.1 Å². The first-order valence-corrected chi connectivity index (χ1v) is 11.1. The van der Waals surface area contributed by atoms with E-state index >= 15 is 0 Å². The summed E-state index contributed by atoms with van der Waals surface area (Å²) in [6, 6.07) is 13.4. The van der Waals surface area contributed by atoms with E-state index in [9.17, 15) is 9.59 Å². The number of carbonyl (C=O) groups excluding carboxylic acids is 2. The molecule has 32 heavy (non-hydrogen) atoms. The van der Waals surface area contributed by atoms with Crippen LogP contribution in [0.4, 0.5) is 5.69 Å². The number of carbonyl (C=O) groups is 2. The average Bonchev–Trinajstić information content (AvgIpc) is 3.04. The van der Waals surface area contributed by atoms with E-state index in [0.717, 1.165) is 37.1 Å². The van der Waals surface area contributed by atoms with E-state index in [2.05, 4.69) is 11.9 Å². The molecule has 1 saturated heterocycles. The molecule has 6 heteroatoms. The maximum absolute atomic E-state index is 13.8. The van der Waals surface area contributed by atoms with Gasteiger partial charge < -0.3 is 14.5 Å². The third kappa shape index (κ3) is 3.79. The number of aryl methyl sites for hydroxylation is 2. The molecule has 168 valence electrons. The molecule has 0 saturated carbocycles. The van der Waals surface area contributed by atoms with Crippen molar-refractivity contribution in [3.05, 3.63) is 64.9 Å². The van der Waals surface area contributed by atoms with Gasteiger partial charge in [-0.2, -0.15) is 0 Å². The molecule has 0 bridgehead atoms. The zero-order valence-electron chi connectivity index (χ0n) is 19.5. The Morgan fingerprint density at radius 2 is 1.69 bits per heavy atom. The SMILES string of the molecule is COc1ccccc1C1=C(N(C)C2CCN(C)CC2)C(=O)N(c2ccc(C)cc2C)C1=O. The van der Waals surface area contributed by atoms with Gasteiger partial charge in [0.25, 0.3) is 11.8 Å². The minimum atomic E-state index is -0.304. The highest BCUT2D eigenvalue weighted by Crippen LogP contribution is 2.40. The number of anilines is 1. The molecule has 2 aliphatic rings. The van der Waals surface area contributed by atoms with E-state index in [0.29, 0.717) is 28.3 Å². The molecule has 2 aliphatic heterocycles. The summed E-state index contributed by atoms with van der Waals surface area (Å²) in [5.41, 5.74) is 4.13. The zero-order valence-corrected chi connectivity index (χ0v) is 19.5. The fourth-order valence-corrected chi connectivity index (χ4v) is 4.78. The van der Waals surface area contributed by atoms with Gasteiger partial charge in [0.15, 0.2) is 0 Å². The highest BCUT2D eigenvalue weighted by molar-refractivity contribution is 6.45. The van der Waals surface area contributed by atoms with Crippen LogP contribution in [0.2, 0.25) is 0 Å². The number of imide groups is 1. The Kier molecular flexibility index (Phi) is 6.07. The van der Waals surface area contributed by atoms with Crippen LogP contribution in [-0.2, 0) is 9.59 Å². The number of likely N-dealkylation sites (N-methyl/N-ethyl adjacent to an activating group) is 1. The first kappa shape index (κ1) is 22.1. The fourth-order valence-electron chi connectivity index (χ4n) is 4.78. The van der Waals surface area contributed by atoms with Crippen LogP contribution in [-0.4, -0.2) is 62.0 Å². The van der Waals surface area contributed by atoms with Gasteiger partial charge in [0.05, 0.1) is 18.4 Å². The van der Waals surface area contributed by atoms with Crippen LogP contribution in [0.1, 0.15) is 29.5 Å². The standard InChI is InChI=1S/C26H31N3O3/c1-17-10-11-21(18(2)16-17)29-25(30)23(20-8-6-7-9-22(20)32-5)24(26(29)31)28(4)19-12-14-27(3)15-13-19/h6-11,16,19H,12-15H2,1-5H3. The van der Waals surface area contributed by atoms with Crippen LogP contribution in [0.5, 0.6) is 5.75 Å². The smallest absolute Gasteiger partial charge is 0.282 e. The number of nitrogens with zero attached hydrogens (tertiary/aromatic N) is 3. The van der Waals surface area contributed by atoms with Crippen LogP contribution >= 0.6 is 0 Å². The van der Waals surface area contributed by atoms with Crippen molar-refractivity contribution in [2.45, 2.75) is 32.7 Å². The third-order valence-electron chi connectivity index (χ3n) is 6.62. The number of para-hydroxylation sites is 1. The number of methoxy groups -OCH3 is 1. The molecule has 2 amide bonds. The summed E-state index contributed by atoms with van der Waals surface area (Å²) in [7, 11) is 5.64. The van der Waals surface area contributed by atoms with Gasteiger partial charge in [-0.1, -0.05) is 35.9 Å². The molecular formula is C26H31N3O3. The summed E-state index contributed by atoms with van der Waals surface area (Å²) < 4.78 is 5.57. The lowest BCUT2D eigenvalue weighted by Crippen LogP contribution is -2.43. The van der Waals surface area contributed by atoms with Crippen LogP contribution in [0.3, 0.4) is 0 Å². The Labute approximate surface area is 190 Å². The molecule has 2 aromatic rings. The van der Waals surface area contributed by atoms with E-state index in [4.69, 9.17) is 4.74 Å². The molecule has 6 nitrogen and oxygen atoms in total. The Hall–Kier alpha value is -3.12. The van der Waals surface area contributed by atoms with E-state index in [1.807, 2.05) is 68.3 Å². The fraction of sp³-hybridized carbons (Fsp3) is 0.385. The lowest BCUT2D eigenvalue weighted by molar-refractivity contribution is -0.120. The molecule has 0 radical (unpaired) electrons. The Bertz CT molecular complexity index is 1080. The van der Waals surface area contributed by atoms with Gasteiger partial charge in [0.1, 0.15) is 11.4 Å². The van der Waals surface area contributed by atoms with Crippen LogP contribution in [0.25, 0.3) is 5.57 Å². The molecule has 1 fully saturated rings. The molecule has 0 unspecified atom stereocenters. The maximum Gasteiger partial charge on any atom is 0.282 e. The monoisotopic (exact) mass is 433 g/mol. The first-order chi connectivity index (χ1) is 15.3. The van der Waals surface area contributed by atoms with Gasteiger partial charge >= 0.3 is 0 Å². The molecule has 2 heterocycles. The normalized spacial score (nSPS) is 18.0. The number of hydrogen-bond acceptors (Lipinski definition) is 5. The van der Waals surface area contributed by atoms with Gasteiger partial charge in [0, 0.05) is 18.7 Å². The summed E-state index contributed by atoms with van der Waals surface area (Å²) in [6.07, 6.45) is 1.89. The van der Waals surface area contributed by atoms with Crippen molar-refractivity contribution in [2.75, 3.05) is 39.2 Å². The summed E-state index contributed by atoms with van der Waals surface area (Å²) in [6.45, 7) is 5.87. The number of benzene rings is 2. The van der Waals surface area contributed by atoms with Crippen molar-refractivity contribution >= 4 is 23.1 Å². The third-order valence-corrected chi connectivity index (χ3v) is 6.62. The largest absolute Gasteiger partial charge is 0.496 e. The predicted octanol–water partition coefficient (Wildman–Crippen LogP) is 3.62. The number of amides is 2. The van der Waals surface area contributed by atoms with Crippen LogP contribution in [0, 0.1) is 13.8 Å². The van der Waals surface area contributed by atoms with Gasteiger partial charge in [-0.15, -0.1) is 0 Å². The van der Waals surface area contributed by atoms with Gasteiger partial charge in [0.2, 0.25) is 0 Å². The number of hydrogen-bond donors (Lipinski definition) is 0. The van der Waals surface area contributed by atoms with Crippen molar-refractivity contribution in [1.29, 1.82) is 0 Å². The molecule has 4 rings (SSSR count). The predicted molar refractivity (Wildman–Crippen MR) is 127 cm³/mol. The average molecular weight is 434 g/mol. The summed E-state index contributed by atoms with van der Waals surface area (Å²) >= 11 is 0. The number of piperidine rings is 1. The minimum absolute atomic E-state index is 0.196. The van der Waals surface area contributed by atoms with E-state index < -0.39 is 0 Å². The molecule has 0 aliphatic carbocycles. The van der Waals surface area contributed by atoms with Gasteiger partial charge in [-0.05, 0) is 64.5 Å². The Morgan fingerprint density at radius 3 is 2.34 bits per heavy atom. The summed E-state index contributed by atoms with van der Waals surface area (Å²) in [5, 5.41) is 0. The second kappa shape index (κ2) is 8.79. The second-order valence-corrected chi connectivity index (χ2v) is 8.80. The lowest BCUT2D eigenvalue weighted by atomic mass is 9.99. The second-order valence-electron chi connectivity index (χ2n) is 8.80. The quantitative estimate of drug-likeness (QED) is 0.674.